The highest BCUT2D eigenvalue weighted by Crippen LogP contribution is 2.23. The van der Waals surface area contributed by atoms with Gasteiger partial charge >= 0.3 is 0 Å². The van der Waals surface area contributed by atoms with E-state index in [4.69, 9.17) is 5.73 Å². The van der Waals surface area contributed by atoms with Gasteiger partial charge in [-0.2, -0.15) is 0 Å². The average molecular weight is 182 g/mol. The van der Waals surface area contributed by atoms with Gasteiger partial charge in [0, 0.05) is 12.6 Å². The van der Waals surface area contributed by atoms with E-state index in [-0.39, 0.29) is 0 Å². The summed E-state index contributed by atoms with van der Waals surface area (Å²) in [4.78, 5) is 0. The predicted octanol–water partition coefficient (Wildman–Crippen LogP) is 1.67. The molecule has 2 nitrogen and oxygen atoms in total. The van der Waals surface area contributed by atoms with Gasteiger partial charge in [-0.15, -0.1) is 0 Å². The fourth-order valence-corrected chi connectivity index (χ4v) is 2.06. The molecule has 1 aliphatic carbocycles. The highest BCUT2D eigenvalue weighted by molar-refractivity contribution is 4.93. The molecule has 0 amide bonds. The van der Waals surface area contributed by atoms with Gasteiger partial charge in [-0.1, -0.05) is 25.0 Å². The molecule has 0 aromatic carbocycles. The Morgan fingerprint density at radius 1 is 1.46 bits per heavy atom. The van der Waals surface area contributed by atoms with Crippen LogP contribution < -0.4 is 11.1 Å². The number of rotatable bonds is 4. The second kappa shape index (κ2) is 5.40. The molecule has 1 aliphatic rings. The summed E-state index contributed by atoms with van der Waals surface area (Å²) in [6.45, 7) is 7.73. The van der Waals surface area contributed by atoms with Crippen LogP contribution in [0.4, 0.5) is 0 Å². The number of hydrogen-bond donors (Lipinski definition) is 2. The summed E-state index contributed by atoms with van der Waals surface area (Å²) in [6, 6.07) is 0.635. The highest BCUT2D eigenvalue weighted by Gasteiger charge is 2.22. The molecule has 3 N–H and O–H groups in total. The molecule has 0 radical (unpaired) electrons. The maximum absolute atomic E-state index is 5.74. The Labute approximate surface area is 81.6 Å². The molecule has 13 heavy (non-hydrogen) atoms. The fraction of sp³-hybridized carbons (Fsp3) is 0.818. The van der Waals surface area contributed by atoms with Gasteiger partial charge in [0.2, 0.25) is 0 Å². The van der Waals surface area contributed by atoms with Gasteiger partial charge in [0.25, 0.3) is 0 Å². The van der Waals surface area contributed by atoms with E-state index in [1.807, 2.05) is 0 Å². The second-order valence-corrected chi connectivity index (χ2v) is 4.22. The Balaban J connectivity index is 2.31. The topological polar surface area (TPSA) is 38.0 Å². The van der Waals surface area contributed by atoms with Crippen LogP contribution in [0.25, 0.3) is 0 Å². The molecular weight excluding hydrogens is 160 g/mol. The molecule has 0 aromatic heterocycles. The van der Waals surface area contributed by atoms with Crippen molar-refractivity contribution in [2.75, 3.05) is 13.1 Å². The quantitative estimate of drug-likeness (QED) is 0.649. The van der Waals surface area contributed by atoms with Crippen molar-refractivity contribution in [2.45, 2.75) is 38.6 Å². The lowest BCUT2D eigenvalue weighted by atomic mass is 9.84. The zero-order valence-electron chi connectivity index (χ0n) is 8.68. The van der Waals surface area contributed by atoms with Crippen LogP contribution in [0.15, 0.2) is 12.2 Å². The Kier molecular flexibility index (Phi) is 4.46. The van der Waals surface area contributed by atoms with Crippen molar-refractivity contribution in [1.29, 1.82) is 0 Å². The molecule has 2 unspecified atom stereocenters. The second-order valence-electron chi connectivity index (χ2n) is 4.22. The van der Waals surface area contributed by atoms with Crippen LogP contribution >= 0.6 is 0 Å². The number of hydrogen-bond acceptors (Lipinski definition) is 2. The lowest BCUT2D eigenvalue weighted by molar-refractivity contribution is 0.273. The molecule has 1 rings (SSSR count). The van der Waals surface area contributed by atoms with E-state index in [1.165, 1.54) is 31.3 Å². The average Bonchev–Trinajstić information content (AvgIpc) is 2.15. The minimum absolute atomic E-state index is 0.635. The van der Waals surface area contributed by atoms with Crippen LogP contribution in [0.3, 0.4) is 0 Å². The smallest absolute Gasteiger partial charge is 0.0161 e. The molecule has 0 heterocycles. The Bertz CT molecular complexity index is 165. The minimum atomic E-state index is 0.635. The van der Waals surface area contributed by atoms with Crippen LogP contribution in [0.2, 0.25) is 0 Å². The van der Waals surface area contributed by atoms with E-state index in [9.17, 15) is 0 Å². The van der Waals surface area contributed by atoms with Crippen molar-refractivity contribution in [3.05, 3.63) is 12.2 Å². The molecule has 0 aromatic rings. The molecular formula is C11H22N2. The van der Waals surface area contributed by atoms with Crippen molar-refractivity contribution in [3.63, 3.8) is 0 Å². The molecule has 76 valence electrons. The molecule has 2 heteroatoms. The van der Waals surface area contributed by atoms with Crippen molar-refractivity contribution >= 4 is 0 Å². The van der Waals surface area contributed by atoms with Crippen LogP contribution in [0.5, 0.6) is 0 Å². The first-order chi connectivity index (χ1) is 6.24. The van der Waals surface area contributed by atoms with Gasteiger partial charge in [0.15, 0.2) is 0 Å². The predicted molar refractivity (Wildman–Crippen MR) is 57.6 cm³/mol. The largest absolute Gasteiger partial charge is 0.330 e. The third-order valence-corrected chi connectivity index (χ3v) is 2.88. The van der Waals surface area contributed by atoms with Crippen molar-refractivity contribution in [1.82, 2.24) is 5.32 Å². The first-order valence-corrected chi connectivity index (χ1v) is 5.32. The highest BCUT2D eigenvalue weighted by atomic mass is 14.9. The zero-order chi connectivity index (χ0) is 9.68. The van der Waals surface area contributed by atoms with Crippen molar-refractivity contribution in [3.8, 4) is 0 Å². The molecule has 0 spiro atoms. The van der Waals surface area contributed by atoms with E-state index < -0.39 is 0 Å². The first kappa shape index (κ1) is 10.7. The lowest BCUT2D eigenvalue weighted by Gasteiger charge is -2.31. The molecule has 0 aliphatic heterocycles. The summed E-state index contributed by atoms with van der Waals surface area (Å²) in [5.41, 5.74) is 6.95. The van der Waals surface area contributed by atoms with Crippen LogP contribution in [0.1, 0.15) is 32.6 Å². The van der Waals surface area contributed by atoms with Crippen LogP contribution in [-0.2, 0) is 0 Å². The monoisotopic (exact) mass is 182 g/mol. The van der Waals surface area contributed by atoms with E-state index in [2.05, 4.69) is 18.8 Å². The van der Waals surface area contributed by atoms with Gasteiger partial charge in [-0.05, 0) is 32.2 Å². The fourth-order valence-electron chi connectivity index (χ4n) is 2.06. The standard InChI is InChI=1S/C11H22N2/c1-9(2)8-13-11-6-4-3-5-10(11)7-12/h10-11,13H,1,3-8,12H2,2H3. The third-order valence-electron chi connectivity index (χ3n) is 2.88. The molecule has 1 fully saturated rings. The minimum Gasteiger partial charge on any atom is -0.330 e. The van der Waals surface area contributed by atoms with Gasteiger partial charge in [0.1, 0.15) is 0 Å². The van der Waals surface area contributed by atoms with E-state index in [0.29, 0.717) is 12.0 Å². The zero-order valence-corrected chi connectivity index (χ0v) is 8.68. The molecule has 0 saturated heterocycles. The summed E-state index contributed by atoms with van der Waals surface area (Å²) < 4.78 is 0. The van der Waals surface area contributed by atoms with Crippen LogP contribution in [0, 0.1) is 5.92 Å². The third kappa shape index (κ3) is 3.49. The van der Waals surface area contributed by atoms with Crippen LogP contribution in [-0.4, -0.2) is 19.1 Å². The summed E-state index contributed by atoms with van der Waals surface area (Å²) in [5, 5.41) is 3.54. The van der Waals surface area contributed by atoms with E-state index in [1.54, 1.807) is 0 Å². The maximum Gasteiger partial charge on any atom is 0.0161 e. The van der Waals surface area contributed by atoms with E-state index in [0.717, 1.165) is 13.1 Å². The summed E-state index contributed by atoms with van der Waals surface area (Å²) in [6.07, 6.45) is 5.29. The van der Waals surface area contributed by atoms with Crippen molar-refractivity contribution < 1.29 is 0 Å². The lowest BCUT2D eigenvalue weighted by Crippen LogP contribution is -2.42. The van der Waals surface area contributed by atoms with Gasteiger partial charge < -0.3 is 11.1 Å². The van der Waals surface area contributed by atoms with Gasteiger partial charge in [-0.25, -0.2) is 0 Å². The normalized spacial score (nSPS) is 28.8. The maximum atomic E-state index is 5.74. The summed E-state index contributed by atoms with van der Waals surface area (Å²) in [5.74, 6) is 0.688. The van der Waals surface area contributed by atoms with Gasteiger partial charge in [-0.3, -0.25) is 0 Å². The number of nitrogens with one attached hydrogen (secondary N) is 1. The van der Waals surface area contributed by atoms with Gasteiger partial charge in [0.05, 0.1) is 0 Å². The summed E-state index contributed by atoms with van der Waals surface area (Å²) >= 11 is 0. The van der Waals surface area contributed by atoms with Crippen molar-refractivity contribution in [2.24, 2.45) is 11.7 Å². The Morgan fingerprint density at radius 2 is 2.15 bits per heavy atom. The Morgan fingerprint density at radius 3 is 2.77 bits per heavy atom. The SMILES string of the molecule is C=C(C)CNC1CCCCC1CN. The molecule has 1 saturated carbocycles. The summed E-state index contributed by atoms with van der Waals surface area (Å²) in [7, 11) is 0. The Hall–Kier alpha value is -0.340. The molecule has 2 atom stereocenters. The number of nitrogens with two attached hydrogens (primary N) is 1. The first-order valence-electron chi connectivity index (χ1n) is 5.32. The molecule has 0 bridgehead atoms. The van der Waals surface area contributed by atoms with E-state index >= 15 is 0 Å².